The minimum Gasteiger partial charge on any atom is -0.370 e. The molecule has 0 saturated carbocycles. The fraction of sp³-hybridized carbons (Fsp3) is 0.667. The fourth-order valence-electron chi connectivity index (χ4n) is 3.63. The topological polar surface area (TPSA) is 18.5 Å². The summed E-state index contributed by atoms with van der Waals surface area (Å²) in [4.78, 5) is 5.22. The fourth-order valence-corrected chi connectivity index (χ4v) is 3.63. The van der Waals surface area contributed by atoms with Gasteiger partial charge in [0.05, 0.1) is 0 Å². The summed E-state index contributed by atoms with van der Waals surface area (Å²) in [5.41, 5.74) is 4.44. The first-order valence-electron chi connectivity index (χ1n) is 8.55. The first kappa shape index (κ1) is 14.9. The van der Waals surface area contributed by atoms with Gasteiger partial charge in [-0.3, -0.25) is 0 Å². The van der Waals surface area contributed by atoms with E-state index in [1.54, 1.807) is 5.56 Å². The molecule has 116 valence electrons. The van der Waals surface area contributed by atoms with E-state index in [4.69, 9.17) is 0 Å². The van der Waals surface area contributed by atoms with E-state index in [1.165, 1.54) is 69.7 Å². The predicted molar refractivity (Wildman–Crippen MR) is 90.1 cm³/mol. The SMILES string of the molecule is CNC(C)c1ccc2c(c1)CCCN2CCN1CCCC1. The lowest BCUT2D eigenvalue weighted by molar-refractivity contribution is 0.343. The molecule has 0 bridgehead atoms. The molecule has 21 heavy (non-hydrogen) atoms. The molecule has 2 heterocycles. The van der Waals surface area contributed by atoms with Gasteiger partial charge in [-0.25, -0.2) is 0 Å². The first-order chi connectivity index (χ1) is 10.3. The van der Waals surface area contributed by atoms with Gasteiger partial charge in [-0.05, 0) is 69.9 Å². The van der Waals surface area contributed by atoms with Gasteiger partial charge in [-0.2, -0.15) is 0 Å². The maximum atomic E-state index is 3.34. The molecule has 0 radical (unpaired) electrons. The molecule has 3 rings (SSSR count). The van der Waals surface area contributed by atoms with Crippen LogP contribution >= 0.6 is 0 Å². The van der Waals surface area contributed by atoms with E-state index in [1.807, 2.05) is 7.05 Å². The molecule has 1 N–H and O–H groups in total. The van der Waals surface area contributed by atoms with E-state index in [0.29, 0.717) is 6.04 Å². The maximum Gasteiger partial charge on any atom is 0.0399 e. The molecular weight excluding hydrogens is 258 g/mol. The Morgan fingerprint density at radius 1 is 1.10 bits per heavy atom. The van der Waals surface area contributed by atoms with Crippen molar-refractivity contribution in [3.05, 3.63) is 29.3 Å². The lowest BCUT2D eigenvalue weighted by Crippen LogP contribution is -2.36. The molecule has 2 aliphatic rings. The van der Waals surface area contributed by atoms with Gasteiger partial charge in [-0.1, -0.05) is 12.1 Å². The summed E-state index contributed by atoms with van der Waals surface area (Å²) in [5.74, 6) is 0. The van der Waals surface area contributed by atoms with Crippen molar-refractivity contribution in [1.82, 2.24) is 10.2 Å². The van der Waals surface area contributed by atoms with Crippen molar-refractivity contribution in [3.63, 3.8) is 0 Å². The van der Waals surface area contributed by atoms with Crippen LogP contribution in [0, 0.1) is 0 Å². The number of aryl methyl sites for hydroxylation is 1. The third kappa shape index (κ3) is 3.41. The van der Waals surface area contributed by atoms with Gasteiger partial charge in [-0.15, -0.1) is 0 Å². The monoisotopic (exact) mass is 287 g/mol. The summed E-state index contributed by atoms with van der Waals surface area (Å²) in [7, 11) is 2.03. The number of likely N-dealkylation sites (tertiary alicyclic amines) is 1. The van der Waals surface area contributed by atoms with Gasteiger partial charge >= 0.3 is 0 Å². The van der Waals surface area contributed by atoms with Gasteiger partial charge in [0.2, 0.25) is 0 Å². The normalized spacial score (nSPS) is 20.6. The van der Waals surface area contributed by atoms with Crippen LogP contribution in [0.5, 0.6) is 0 Å². The molecule has 3 nitrogen and oxygen atoms in total. The van der Waals surface area contributed by atoms with E-state index >= 15 is 0 Å². The molecule has 0 aromatic heterocycles. The zero-order chi connectivity index (χ0) is 14.7. The number of hydrogen-bond donors (Lipinski definition) is 1. The number of anilines is 1. The molecule has 0 spiro atoms. The number of fused-ring (bicyclic) bond motifs is 1. The Bertz CT molecular complexity index is 466. The summed E-state index contributed by atoms with van der Waals surface area (Å²) in [6, 6.07) is 7.50. The molecule has 2 aliphatic heterocycles. The Balaban J connectivity index is 1.68. The number of nitrogens with zero attached hydrogens (tertiary/aromatic N) is 2. The largest absolute Gasteiger partial charge is 0.370 e. The second-order valence-corrected chi connectivity index (χ2v) is 6.54. The molecule has 0 aliphatic carbocycles. The van der Waals surface area contributed by atoms with Crippen LogP contribution in [-0.2, 0) is 6.42 Å². The van der Waals surface area contributed by atoms with Crippen LogP contribution in [0.4, 0.5) is 5.69 Å². The summed E-state index contributed by atoms with van der Waals surface area (Å²) in [6.07, 6.45) is 5.31. The summed E-state index contributed by atoms with van der Waals surface area (Å²) >= 11 is 0. The molecule has 1 unspecified atom stereocenters. The highest BCUT2D eigenvalue weighted by molar-refractivity contribution is 5.57. The zero-order valence-electron chi connectivity index (χ0n) is 13.6. The van der Waals surface area contributed by atoms with E-state index in [-0.39, 0.29) is 0 Å². The number of hydrogen-bond acceptors (Lipinski definition) is 3. The Morgan fingerprint density at radius 2 is 1.90 bits per heavy atom. The van der Waals surface area contributed by atoms with Crippen LogP contribution in [0.2, 0.25) is 0 Å². The van der Waals surface area contributed by atoms with Gasteiger partial charge < -0.3 is 15.1 Å². The summed E-state index contributed by atoms with van der Waals surface area (Å²) in [5, 5.41) is 3.34. The van der Waals surface area contributed by atoms with Crippen molar-refractivity contribution in [2.24, 2.45) is 0 Å². The average molecular weight is 287 g/mol. The van der Waals surface area contributed by atoms with Crippen LogP contribution in [0.1, 0.15) is 43.4 Å². The van der Waals surface area contributed by atoms with E-state index in [0.717, 1.165) is 0 Å². The Kier molecular flexibility index (Phi) is 4.81. The summed E-state index contributed by atoms with van der Waals surface area (Å²) in [6.45, 7) is 8.48. The minimum atomic E-state index is 0.440. The average Bonchev–Trinajstić information content (AvgIpc) is 3.05. The lowest BCUT2D eigenvalue weighted by atomic mass is 9.97. The number of benzene rings is 1. The standard InChI is InChI=1S/C18H29N3/c1-15(19-2)16-7-8-18-17(14-16)6-5-11-21(18)13-12-20-9-3-4-10-20/h7-8,14-15,19H,3-6,9-13H2,1-2H3. The van der Waals surface area contributed by atoms with Gasteiger partial charge in [0.15, 0.2) is 0 Å². The van der Waals surface area contributed by atoms with Crippen molar-refractivity contribution >= 4 is 5.69 Å². The third-order valence-electron chi connectivity index (χ3n) is 5.14. The van der Waals surface area contributed by atoms with Crippen LogP contribution in [0.15, 0.2) is 18.2 Å². The zero-order valence-corrected chi connectivity index (χ0v) is 13.6. The second-order valence-electron chi connectivity index (χ2n) is 6.54. The Labute approximate surface area is 129 Å². The highest BCUT2D eigenvalue weighted by Crippen LogP contribution is 2.29. The first-order valence-corrected chi connectivity index (χ1v) is 8.55. The molecule has 1 atom stereocenters. The van der Waals surface area contributed by atoms with Crippen molar-refractivity contribution in [2.75, 3.05) is 44.7 Å². The Morgan fingerprint density at radius 3 is 2.67 bits per heavy atom. The van der Waals surface area contributed by atoms with Gasteiger partial charge in [0.1, 0.15) is 0 Å². The van der Waals surface area contributed by atoms with E-state index in [9.17, 15) is 0 Å². The molecular formula is C18H29N3. The quantitative estimate of drug-likeness (QED) is 0.898. The minimum absolute atomic E-state index is 0.440. The van der Waals surface area contributed by atoms with Gasteiger partial charge in [0, 0.05) is 31.4 Å². The Hall–Kier alpha value is -1.06. The van der Waals surface area contributed by atoms with Crippen LogP contribution in [0.25, 0.3) is 0 Å². The van der Waals surface area contributed by atoms with Gasteiger partial charge in [0.25, 0.3) is 0 Å². The number of rotatable bonds is 5. The highest BCUT2D eigenvalue weighted by Gasteiger charge is 2.19. The van der Waals surface area contributed by atoms with Crippen molar-refractivity contribution in [3.8, 4) is 0 Å². The smallest absolute Gasteiger partial charge is 0.0399 e. The maximum absolute atomic E-state index is 3.34. The van der Waals surface area contributed by atoms with Crippen LogP contribution < -0.4 is 10.2 Å². The molecule has 3 heteroatoms. The highest BCUT2D eigenvalue weighted by atomic mass is 15.2. The van der Waals surface area contributed by atoms with Crippen molar-refractivity contribution < 1.29 is 0 Å². The number of nitrogens with one attached hydrogen (secondary N) is 1. The molecule has 1 saturated heterocycles. The lowest BCUT2D eigenvalue weighted by Gasteiger charge is -2.33. The summed E-state index contributed by atoms with van der Waals surface area (Å²) < 4.78 is 0. The predicted octanol–water partition coefficient (Wildman–Crippen LogP) is 2.82. The van der Waals surface area contributed by atoms with E-state index < -0.39 is 0 Å². The van der Waals surface area contributed by atoms with Crippen molar-refractivity contribution in [1.29, 1.82) is 0 Å². The van der Waals surface area contributed by atoms with E-state index in [2.05, 4.69) is 40.2 Å². The molecule has 1 aromatic carbocycles. The third-order valence-corrected chi connectivity index (χ3v) is 5.14. The molecule has 1 fully saturated rings. The second kappa shape index (κ2) is 6.80. The molecule has 1 aromatic rings. The molecule has 0 amide bonds. The van der Waals surface area contributed by atoms with Crippen LogP contribution in [-0.4, -0.2) is 44.7 Å². The van der Waals surface area contributed by atoms with Crippen molar-refractivity contribution in [2.45, 2.75) is 38.6 Å². The van der Waals surface area contributed by atoms with Crippen LogP contribution in [0.3, 0.4) is 0 Å².